The maximum Gasteiger partial charge on any atom is 0.337 e. The van der Waals surface area contributed by atoms with Gasteiger partial charge in [0.05, 0.1) is 25.3 Å². The molecule has 0 spiro atoms. The number of benzene rings is 4. The Bertz CT molecular complexity index is 1540. The van der Waals surface area contributed by atoms with E-state index in [0.717, 1.165) is 33.4 Å². The average Bonchev–Trinajstić information content (AvgIpc) is 2.98. The van der Waals surface area contributed by atoms with Gasteiger partial charge in [-0.1, -0.05) is 59.8 Å². The highest BCUT2D eigenvalue weighted by Crippen LogP contribution is 2.11. The van der Waals surface area contributed by atoms with E-state index in [1.165, 1.54) is 14.2 Å². The van der Waals surface area contributed by atoms with Crippen molar-refractivity contribution < 1.29 is 19.1 Å². The number of rotatable bonds is 2. The van der Waals surface area contributed by atoms with Crippen molar-refractivity contribution in [1.82, 2.24) is 0 Å². The highest BCUT2D eigenvalue weighted by atomic mass is 16.5. The summed E-state index contributed by atoms with van der Waals surface area (Å²) in [4.78, 5) is 23.2. The monoisotopic (exact) mass is 494 g/mol. The predicted octanol–water partition coefficient (Wildman–Crippen LogP) is 5.46. The molecule has 0 unspecified atom stereocenters. The second-order valence-electron chi connectivity index (χ2n) is 7.98. The van der Waals surface area contributed by atoms with E-state index in [9.17, 15) is 9.59 Å². The van der Waals surface area contributed by atoms with Crippen LogP contribution in [-0.2, 0) is 9.47 Å². The lowest BCUT2D eigenvalue weighted by molar-refractivity contribution is 0.0592. The fourth-order valence-electron chi connectivity index (χ4n) is 3.43. The van der Waals surface area contributed by atoms with E-state index in [-0.39, 0.29) is 11.9 Å². The Labute approximate surface area is 222 Å². The largest absolute Gasteiger partial charge is 0.465 e. The molecule has 0 aromatic heterocycles. The van der Waals surface area contributed by atoms with Crippen molar-refractivity contribution in [3.05, 3.63) is 142 Å². The topological polar surface area (TPSA) is 52.6 Å². The molecule has 0 aliphatic heterocycles. The molecule has 0 fully saturated rings. The van der Waals surface area contributed by atoms with E-state index >= 15 is 0 Å². The summed E-state index contributed by atoms with van der Waals surface area (Å²) in [7, 11) is 2.71. The van der Waals surface area contributed by atoms with Gasteiger partial charge in [-0.15, -0.1) is 0 Å². The number of methoxy groups -OCH3 is 2. The second kappa shape index (κ2) is 12.5. The molecule has 0 N–H and O–H groups in total. The lowest BCUT2D eigenvalue weighted by atomic mass is 10.0. The number of hydrogen-bond donors (Lipinski definition) is 0. The van der Waals surface area contributed by atoms with Crippen LogP contribution in [0.2, 0.25) is 0 Å². The molecule has 0 aliphatic rings. The Hall–Kier alpha value is -5.50. The smallest absolute Gasteiger partial charge is 0.337 e. The Morgan fingerprint density at radius 1 is 0.447 bits per heavy atom. The van der Waals surface area contributed by atoms with Crippen molar-refractivity contribution in [3.8, 4) is 35.5 Å². The zero-order valence-electron chi connectivity index (χ0n) is 20.9. The van der Waals surface area contributed by atoms with E-state index in [4.69, 9.17) is 9.47 Å². The molecule has 4 heteroatoms. The van der Waals surface area contributed by atoms with Gasteiger partial charge in [-0.05, 0) is 72.8 Å². The highest BCUT2D eigenvalue weighted by Gasteiger charge is 2.04. The summed E-state index contributed by atoms with van der Waals surface area (Å²) in [5, 5.41) is 0. The highest BCUT2D eigenvalue weighted by molar-refractivity contribution is 5.89. The minimum atomic E-state index is -0.383. The van der Waals surface area contributed by atoms with Crippen LogP contribution in [0.1, 0.15) is 54.1 Å². The van der Waals surface area contributed by atoms with E-state index in [2.05, 4.69) is 35.5 Å². The van der Waals surface area contributed by atoms with E-state index in [0.29, 0.717) is 11.1 Å². The van der Waals surface area contributed by atoms with Gasteiger partial charge in [0.2, 0.25) is 0 Å². The van der Waals surface area contributed by atoms with Crippen molar-refractivity contribution >= 4 is 11.9 Å². The first-order valence-corrected chi connectivity index (χ1v) is 11.7. The minimum Gasteiger partial charge on any atom is -0.465 e. The van der Waals surface area contributed by atoms with Crippen molar-refractivity contribution in [2.24, 2.45) is 0 Å². The number of hydrogen-bond acceptors (Lipinski definition) is 4. The molecule has 0 amide bonds. The van der Waals surface area contributed by atoms with Gasteiger partial charge in [0, 0.05) is 33.4 Å². The zero-order chi connectivity index (χ0) is 26.7. The predicted molar refractivity (Wildman–Crippen MR) is 146 cm³/mol. The summed E-state index contributed by atoms with van der Waals surface area (Å²) in [6.45, 7) is 0. The standard InChI is InChI=1S/C34H22O4/c1-37-33(35)31-19-13-25(14-20-31)11-17-27-7-3-5-9-29(27)23-24-30-10-6-4-8-28(30)18-12-26-15-21-32(22-16-26)34(36)38-2/h3-10,13-16,19-22H,1-2H3. The SMILES string of the molecule is COC(=O)c1ccc(C#Cc2ccccc2C#Cc2ccccc2C#Cc2ccc(C(=O)OC)cc2)cc1. The van der Waals surface area contributed by atoms with E-state index < -0.39 is 0 Å². The van der Waals surface area contributed by atoms with Gasteiger partial charge < -0.3 is 9.47 Å². The molecule has 4 aromatic carbocycles. The first-order chi connectivity index (χ1) is 18.6. The van der Waals surface area contributed by atoms with Crippen LogP contribution in [0, 0.1) is 35.5 Å². The Balaban J connectivity index is 1.57. The number of carbonyl (C=O) groups excluding carboxylic acids is 2. The number of carbonyl (C=O) groups is 2. The summed E-state index contributed by atoms with van der Waals surface area (Å²) in [5.41, 5.74) is 5.70. The number of esters is 2. The van der Waals surface area contributed by atoms with Gasteiger partial charge in [-0.3, -0.25) is 0 Å². The molecule has 0 heterocycles. The molecule has 0 saturated heterocycles. The molecular weight excluding hydrogens is 472 g/mol. The average molecular weight is 495 g/mol. The molecule has 0 radical (unpaired) electrons. The van der Waals surface area contributed by atoms with Gasteiger partial charge in [0.25, 0.3) is 0 Å². The first-order valence-electron chi connectivity index (χ1n) is 11.7. The molecular formula is C34H22O4. The van der Waals surface area contributed by atoms with Crippen LogP contribution in [0.5, 0.6) is 0 Å². The lowest BCUT2D eigenvalue weighted by Crippen LogP contribution is -2.00. The lowest BCUT2D eigenvalue weighted by Gasteiger charge is -1.99. The Kier molecular flexibility index (Phi) is 8.39. The third-order valence-corrected chi connectivity index (χ3v) is 5.48. The Morgan fingerprint density at radius 3 is 1.03 bits per heavy atom. The van der Waals surface area contributed by atoms with Crippen molar-refractivity contribution in [2.45, 2.75) is 0 Å². The van der Waals surface area contributed by atoms with Crippen LogP contribution in [-0.4, -0.2) is 26.2 Å². The van der Waals surface area contributed by atoms with Crippen LogP contribution < -0.4 is 0 Å². The van der Waals surface area contributed by atoms with Gasteiger partial charge in [0.1, 0.15) is 0 Å². The van der Waals surface area contributed by atoms with E-state index in [1.54, 1.807) is 48.5 Å². The maximum absolute atomic E-state index is 11.6. The maximum atomic E-state index is 11.6. The normalized spacial score (nSPS) is 9.42. The van der Waals surface area contributed by atoms with Crippen LogP contribution in [0.4, 0.5) is 0 Å². The van der Waals surface area contributed by atoms with Crippen LogP contribution in [0.25, 0.3) is 0 Å². The summed E-state index contributed by atoms with van der Waals surface area (Å²) >= 11 is 0. The summed E-state index contributed by atoms with van der Waals surface area (Å²) in [5.74, 6) is 18.3. The summed E-state index contributed by atoms with van der Waals surface area (Å²) < 4.78 is 9.47. The zero-order valence-corrected chi connectivity index (χ0v) is 20.9. The minimum absolute atomic E-state index is 0.383. The van der Waals surface area contributed by atoms with Gasteiger partial charge >= 0.3 is 11.9 Å². The van der Waals surface area contributed by atoms with Crippen molar-refractivity contribution in [2.75, 3.05) is 14.2 Å². The summed E-state index contributed by atoms with van der Waals surface area (Å²) in [6, 6.07) is 29.2. The van der Waals surface area contributed by atoms with Gasteiger partial charge in [-0.2, -0.15) is 0 Å². The fraction of sp³-hybridized carbons (Fsp3) is 0.0588. The Morgan fingerprint density at radius 2 is 0.737 bits per heavy atom. The number of ether oxygens (including phenoxy) is 2. The molecule has 0 bridgehead atoms. The quantitative estimate of drug-likeness (QED) is 0.274. The van der Waals surface area contributed by atoms with Crippen molar-refractivity contribution in [1.29, 1.82) is 0 Å². The molecule has 4 nitrogen and oxygen atoms in total. The molecule has 4 aromatic rings. The molecule has 4 rings (SSSR count). The van der Waals surface area contributed by atoms with Crippen LogP contribution >= 0.6 is 0 Å². The third kappa shape index (κ3) is 6.58. The van der Waals surface area contributed by atoms with E-state index in [1.807, 2.05) is 48.5 Å². The van der Waals surface area contributed by atoms with Crippen LogP contribution in [0.15, 0.2) is 97.1 Å². The molecule has 38 heavy (non-hydrogen) atoms. The summed E-state index contributed by atoms with van der Waals surface area (Å²) in [6.07, 6.45) is 0. The molecule has 182 valence electrons. The molecule has 0 atom stereocenters. The van der Waals surface area contributed by atoms with Gasteiger partial charge in [-0.25, -0.2) is 9.59 Å². The molecule has 0 saturated carbocycles. The third-order valence-electron chi connectivity index (χ3n) is 5.48. The van der Waals surface area contributed by atoms with Gasteiger partial charge in [0.15, 0.2) is 0 Å². The fourth-order valence-corrected chi connectivity index (χ4v) is 3.43. The second-order valence-corrected chi connectivity index (χ2v) is 7.98. The van der Waals surface area contributed by atoms with Crippen molar-refractivity contribution in [3.63, 3.8) is 0 Å². The first kappa shape index (κ1) is 25.6. The molecule has 0 aliphatic carbocycles. The van der Waals surface area contributed by atoms with Crippen LogP contribution in [0.3, 0.4) is 0 Å².